The largest absolute Gasteiger partial charge is 0.355 e. The highest BCUT2D eigenvalue weighted by Gasteiger charge is 2.18. The molecule has 0 aromatic carbocycles. The number of carbonyl (C=O) groups excluding carboxylic acids is 1. The van der Waals surface area contributed by atoms with Crippen LogP contribution in [0.15, 0.2) is 24.5 Å². The maximum Gasteiger partial charge on any atom is 0.223 e. The summed E-state index contributed by atoms with van der Waals surface area (Å²) < 4.78 is 25.1. The highest BCUT2D eigenvalue weighted by atomic mass is 32.2. The minimum atomic E-state index is -3.33. The molecule has 0 spiro atoms. The van der Waals surface area contributed by atoms with E-state index in [1.54, 1.807) is 24.5 Å². The van der Waals surface area contributed by atoms with Crippen molar-refractivity contribution in [3.05, 3.63) is 30.1 Å². The van der Waals surface area contributed by atoms with Crippen molar-refractivity contribution in [2.24, 2.45) is 5.92 Å². The molecule has 1 rings (SSSR count). The molecule has 0 unspecified atom stereocenters. The molecule has 0 saturated carbocycles. The monoisotopic (exact) mass is 327 g/mol. The first-order chi connectivity index (χ1) is 10.4. The van der Waals surface area contributed by atoms with Gasteiger partial charge in [0.05, 0.1) is 6.26 Å². The zero-order valence-corrected chi connectivity index (χ0v) is 14.3. The number of sulfonamides is 1. The van der Waals surface area contributed by atoms with Crippen LogP contribution in [0.25, 0.3) is 0 Å². The van der Waals surface area contributed by atoms with Crippen LogP contribution in [-0.4, -0.2) is 43.0 Å². The summed E-state index contributed by atoms with van der Waals surface area (Å²) in [7, 11) is -3.33. The van der Waals surface area contributed by atoms with Gasteiger partial charge in [-0.25, -0.2) is 8.42 Å². The van der Waals surface area contributed by atoms with Gasteiger partial charge in [0.25, 0.3) is 0 Å². The summed E-state index contributed by atoms with van der Waals surface area (Å²) in [6.07, 6.45) is 6.01. The fourth-order valence-electron chi connectivity index (χ4n) is 2.16. The Kier molecular flexibility index (Phi) is 7.47. The Hall–Kier alpha value is -1.47. The second-order valence-electron chi connectivity index (χ2n) is 5.26. The number of rotatable bonds is 9. The molecule has 1 aromatic heterocycles. The van der Waals surface area contributed by atoms with Gasteiger partial charge in [-0.3, -0.25) is 9.78 Å². The molecule has 0 atom stereocenters. The van der Waals surface area contributed by atoms with Gasteiger partial charge in [-0.2, -0.15) is 4.31 Å². The van der Waals surface area contributed by atoms with Crippen LogP contribution in [0, 0.1) is 5.92 Å². The number of amides is 1. The fourth-order valence-corrected chi connectivity index (χ4v) is 2.97. The van der Waals surface area contributed by atoms with Crippen molar-refractivity contribution in [2.45, 2.75) is 33.2 Å². The van der Waals surface area contributed by atoms with E-state index in [4.69, 9.17) is 0 Å². The van der Waals surface area contributed by atoms with Gasteiger partial charge in [-0.05, 0) is 30.5 Å². The summed E-state index contributed by atoms with van der Waals surface area (Å²) in [5, 5.41) is 2.82. The minimum Gasteiger partial charge on any atom is -0.355 e. The zero-order chi connectivity index (χ0) is 16.6. The number of pyridine rings is 1. The quantitative estimate of drug-likeness (QED) is 0.743. The van der Waals surface area contributed by atoms with Crippen molar-refractivity contribution < 1.29 is 13.2 Å². The number of nitrogens with zero attached hydrogens (tertiary/aromatic N) is 2. The lowest BCUT2D eigenvalue weighted by Gasteiger charge is -2.21. The molecule has 22 heavy (non-hydrogen) atoms. The first kappa shape index (κ1) is 18.6. The third kappa shape index (κ3) is 6.11. The van der Waals surface area contributed by atoms with E-state index in [2.05, 4.69) is 10.3 Å². The Bertz CT molecular complexity index is 557. The number of nitrogens with one attached hydrogen (secondary N) is 1. The van der Waals surface area contributed by atoms with E-state index < -0.39 is 10.0 Å². The summed E-state index contributed by atoms with van der Waals surface area (Å²) in [6, 6.07) is 3.56. The van der Waals surface area contributed by atoms with E-state index in [1.165, 1.54) is 10.6 Å². The molecule has 0 aliphatic rings. The summed E-state index contributed by atoms with van der Waals surface area (Å²) >= 11 is 0. The second-order valence-corrected chi connectivity index (χ2v) is 7.24. The molecule has 1 aromatic rings. The highest BCUT2D eigenvalue weighted by molar-refractivity contribution is 7.88. The Morgan fingerprint density at radius 3 is 2.36 bits per heavy atom. The molecule has 0 saturated heterocycles. The number of hydrogen-bond acceptors (Lipinski definition) is 4. The van der Waals surface area contributed by atoms with Gasteiger partial charge in [-0.1, -0.05) is 13.8 Å². The van der Waals surface area contributed by atoms with Crippen LogP contribution in [0.3, 0.4) is 0 Å². The fraction of sp³-hybridized carbons (Fsp3) is 0.600. The Balaban J connectivity index is 2.59. The molecule has 0 bridgehead atoms. The van der Waals surface area contributed by atoms with Gasteiger partial charge in [0.15, 0.2) is 0 Å². The van der Waals surface area contributed by atoms with Crippen LogP contribution in [-0.2, 0) is 21.4 Å². The molecule has 124 valence electrons. The molecule has 0 aliphatic heterocycles. The van der Waals surface area contributed by atoms with E-state index >= 15 is 0 Å². The highest BCUT2D eigenvalue weighted by Crippen LogP contribution is 2.08. The van der Waals surface area contributed by atoms with Crippen LogP contribution < -0.4 is 5.32 Å². The normalized spacial score (nSPS) is 11.9. The van der Waals surface area contributed by atoms with E-state index in [9.17, 15) is 13.2 Å². The standard InChI is InChI=1S/C15H25N3O3S/c1-4-14(5-2)15(19)17-10-11-18(22(3,20)21)12-13-6-8-16-9-7-13/h6-9,14H,4-5,10-12H2,1-3H3,(H,17,19). The Morgan fingerprint density at radius 1 is 1.27 bits per heavy atom. The molecule has 0 radical (unpaired) electrons. The molecule has 6 nitrogen and oxygen atoms in total. The molecule has 1 amide bonds. The lowest BCUT2D eigenvalue weighted by molar-refractivity contribution is -0.125. The van der Waals surface area contributed by atoms with Crippen LogP contribution in [0.4, 0.5) is 0 Å². The minimum absolute atomic E-state index is 0.00752. The molecule has 7 heteroatoms. The average molecular weight is 327 g/mol. The van der Waals surface area contributed by atoms with Gasteiger partial charge < -0.3 is 5.32 Å². The van der Waals surface area contributed by atoms with Gasteiger partial charge in [0.1, 0.15) is 0 Å². The van der Waals surface area contributed by atoms with Crippen molar-refractivity contribution >= 4 is 15.9 Å². The lowest BCUT2D eigenvalue weighted by Crippen LogP contribution is -2.39. The zero-order valence-electron chi connectivity index (χ0n) is 13.4. The number of aromatic nitrogens is 1. The van der Waals surface area contributed by atoms with Crippen LogP contribution in [0.1, 0.15) is 32.3 Å². The van der Waals surface area contributed by atoms with Crippen molar-refractivity contribution in [1.82, 2.24) is 14.6 Å². The maximum absolute atomic E-state index is 11.9. The van der Waals surface area contributed by atoms with Gasteiger partial charge in [-0.15, -0.1) is 0 Å². The number of hydrogen-bond donors (Lipinski definition) is 1. The van der Waals surface area contributed by atoms with E-state index in [0.29, 0.717) is 6.54 Å². The summed E-state index contributed by atoms with van der Waals surface area (Å²) in [6.45, 7) is 4.79. The molecular formula is C15H25N3O3S. The number of carbonyl (C=O) groups is 1. The van der Waals surface area contributed by atoms with Crippen molar-refractivity contribution in [3.8, 4) is 0 Å². The van der Waals surface area contributed by atoms with Crippen molar-refractivity contribution in [3.63, 3.8) is 0 Å². The Morgan fingerprint density at radius 2 is 1.86 bits per heavy atom. The molecular weight excluding hydrogens is 302 g/mol. The maximum atomic E-state index is 11.9. The smallest absolute Gasteiger partial charge is 0.223 e. The first-order valence-electron chi connectivity index (χ1n) is 7.50. The summed E-state index contributed by atoms with van der Waals surface area (Å²) in [4.78, 5) is 15.8. The topological polar surface area (TPSA) is 79.4 Å². The molecule has 1 heterocycles. The summed E-state index contributed by atoms with van der Waals surface area (Å²) in [5.41, 5.74) is 0.867. The molecule has 1 N–H and O–H groups in total. The third-order valence-electron chi connectivity index (χ3n) is 3.59. The van der Waals surface area contributed by atoms with Gasteiger partial charge >= 0.3 is 0 Å². The van der Waals surface area contributed by atoms with E-state index in [0.717, 1.165) is 18.4 Å². The lowest BCUT2D eigenvalue weighted by atomic mass is 10.0. The van der Waals surface area contributed by atoms with Crippen molar-refractivity contribution in [1.29, 1.82) is 0 Å². The van der Waals surface area contributed by atoms with Crippen LogP contribution in [0.2, 0.25) is 0 Å². The van der Waals surface area contributed by atoms with Crippen LogP contribution >= 0.6 is 0 Å². The predicted octanol–water partition coefficient (Wildman–Crippen LogP) is 1.40. The van der Waals surface area contributed by atoms with Crippen LogP contribution in [0.5, 0.6) is 0 Å². The van der Waals surface area contributed by atoms with Gasteiger partial charge in [0.2, 0.25) is 15.9 Å². The summed E-state index contributed by atoms with van der Waals surface area (Å²) in [5.74, 6) is -0.0192. The van der Waals surface area contributed by atoms with Crippen molar-refractivity contribution in [2.75, 3.05) is 19.3 Å². The average Bonchev–Trinajstić information content (AvgIpc) is 2.47. The SMILES string of the molecule is CCC(CC)C(=O)NCCN(Cc1ccncc1)S(C)(=O)=O. The first-order valence-corrected chi connectivity index (χ1v) is 9.35. The van der Waals surface area contributed by atoms with E-state index in [1.807, 2.05) is 13.8 Å². The second kappa shape index (κ2) is 8.85. The third-order valence-corrected chi connectivity index (χ3v) is 4.84. The predicted molar refractivity (Wildman–Crippen MR) is 86.6 cm³/mol. The molecule has 0 fully saturated rings. The molecule has 0 aliphatic carbocycles. The van der Waals surface area contributed by atoms with Gasteiger partial charge in [0, 0.05) is 37.9 Å². The van der Waals surface area contributed by atoms with E-state index in [-0.39, 0.29) is 24.9 Å². The Labute approximate surface area is 133 Å².